The Morgan fingerprint density at radius 2 is 2.10 bits per heavy atom. The van der Waals surface area contributed by atoms with Crippen molar-refractivity contribution in [2.24, 2.45) is 11.5 Å². The summed E-state index contributed by atoms with van der Waals surface area (Å²) in [6.07, 6.45) is 1.01. The summed E-state index contributed by atoms with van der Waals surface area (Å²) in [5.41, 5.74) is 9.56. The lowest BCUT2D eigenvalue weighted by Crippen LogP contribution is -2.12. The van der Waals surface area contributed by atoms with Gasteiger partial charge in [0.25, 0.3) is 5.91 Å². The van der Waals surface area contributed by atoms with Crippen LogP contribution in [0.15, 0.2) is 11.9 Å². The van der Waals surface area contributed by atoms with Gasteiger partial charge in [-0.3, -0.25) is 4.79 Å². The van der Waals surface area contributed by atoms with Crippen molar-refractivity contribution in [1.29, 1.82) is 0 Å². The van der Waals surface area contributed by atoms with Gasteiger partial charge >= 0.3 is 0 Å². The average molecular weight is 162 g/mol. The van der Waals surface area contributed by atoms with Gasteiger partial charge in [-0.1, -0.05) is 12.2 Å². The van der Waals surface area contributed by atoms with Gasteiger partial charge in [0, 0.05) is 6.42 Å². The first-order chi connectivity index (χ1) is 4.54. The molecule has 0 aliphatic heterocycles. The molecule has 56 valence electrons. The van der Waals surface area contributed by atoms with E-state index in [-0.39, 0.29) is 11.4 Å². The number of halogens is 1. The fraction of sp³-hybridized carbons (Fsp3) is 0.200. The Morgan fingerprint density at radius 3 is 2.40 bits per heavy atom. The van der Waals surface area contributed by atoms with Crippen LogP contribution in [0.4, 0.5) is 4.39 Å². The maximum atomic E-state index is 12.2. The minimum absolute atomic E-state index is 0.0596. The largest absolute Gasteiger partial charge is 0.393 e. The number of primary amides is 1. The predicted molar refractivity (Wildman–Crippen MR) is 39.8 cm³/mol. The van der Waals surface area contributed by atoms with E-state index in [4.69, 9.17) is 5.73 Å². The summed E-state index contributed by atoms with van der Waals surface area (Å²) >= 11 is 4.41. The number of hydrogen-bond donors (Lipinski definition) is 2. The quantitative estimate of drug-likeness (QED) is 0.453. The summed E-state index contributed by atoms with van der Waals surface area (Å²) in [7, 11) is 0. The zero-order chi connectivity index (χ0) is 8.15. The number of hydrogen-bond acceptors (Lipinski definition) is 2. The molecule has 0 rings (SSSR count). The van der Waals surface area contributed by atoms with Crippen molar-refractivity contribution in [2.45, 2.75) is 6.42 Å². The lowest BCUT2D eigenvalue weighted by Gasteiger charge is -1.89. The summed E-state index contributed by atoms with van der Waals surface area (Å²) in [4.78, 5) is 10.1. The highest BCUT2D eigenvalue weighted by Crippen LogP contribution is 1.96. The molecule has 1 amide bonds. The molecule has 0 atom stereocenters. The summed E-state index contributed by atoms with van der Waals surface area (Å²) in [6, 6.07) is 0. The summed E-state index contributed by atoms with van der Waals surface area (Å²) in [5.74, 6) is -2.11. The first kappa shape index (κ1) is 9.03. The van der Waals surface area contributed by atoms with Crippen LogP contribution in [0.1, 0.15) is 6.42 Å². The second kappa shape index (κ2) is 3.94. The third kappa shape index (κ3) is 3.96. The first-order valence-corrected chi connectivity index (χ1v) is 2.88. The van der Waals surface area contributed by atoms with E-state index in [1.165, 1.54) is 0 Å². The van der Waals surface area contributed by atoms with Gasteiger partial charge in [0.1, 0.15) is 0 Å². The fourth-order valence-electron chi connectivity index (χ4n) is 0.291. The molecule has 4 N–H and O–H groups in total. The summed E-state index contributed by atoms with van der Waals surface area (Å²) in [6.45, 7) is 0. The third-order valence-electron chi connectivity index (χ3n) is 0.718. The standard InChI is InChI=1S/C5H7FN2OS/c6-3(5(8)9)1-2-4(7)10/h1H,2H2,(H2,7,10)(H2,8,9). The molecular formula is C5H7FN2OS. The Bertz CT molecular complexity index is 190. The molecular weight excluding hydrogens is 155 g/mol. The molecule has 0 aliphatic carbocycles. The zero-order valence-electron chi connectivity index (χ0n) is 5.13. The van der Waals surface area contributed by atoms with Gasteiger partial charge in [-0.2, -0.15) is 0 Å². The first-order valence-electron chi connectivity index (χ1n) is 2.48. The van der Waals surface area contributed by atoms with E-state index >= 15 is 0 Å². The Hall–Kier alpha value is -0.970. The summed E-state index contributed by atoms with van der Waals surface area (Å²) < 4.78 is 12.2. The summed E-state index contributed by atoms with van der Waals surface area (Å²) in [5, 5.41) is 0. The van der Waals surface area contributed by atoms with Gasteiger partial charge in [-0.15, -0.1) is 0 Å². The van der Waals surface area contributed by atoms with E-state index in [1.54, 1.807) is 0 Å². The van der Waals surface area contributed by atoms with E-state index in [9.17, 15) is 9.18 Å². The van der Waals surface area contributed by atoms with Crippen LogP contribution in [-0.4, -0.2) is 10.9 Å². The minimum Gasteiger partial charge on any atom is -0.393 e. The van der Waals surface area contributed by atoms with Crippen molar-refractivity contribution < 1.29 is 9.18 Å². The molecule has 0 unspecified atom stereocenters. The van der Waals surface area contributed by atoms with Crippen LogP contribution in [0.25, 0.3) is 0 Å². The Kier molecular flexibility index (Phi) is 3.56. The number of carbonyl (C=O) groups excluding carboxylic acids is 1. The van der Waals surface area contributed by atoms with Gasteiger partial charge in [-0.05, 0) is 6.08 Å². The Morgan fingerprint density at radius 1 is 1.60 bits per heavy atom. The van der Waals surface area contributed by atoms with E-state index in [1.807, 2.05) is 0 Å². The van der Waals surface area contributed by atoms with E-state index in [2.05, 4.69) is 18.0 Å². The molecule has 0 aromatic carbocycles. The SMILES string of the molecule is NC(=O)C(F)=CCC(N)=S. The van der Waals surface area contributed by atoms with E-state index < -0.39 is 11.7 Å². The normalized spacial score (nSPS) is 11.1. The number of thiocarbonyl (C=S) groups is 1. The molecule has 3 nitrogen and oxygen atoms in total. The van der Waals surface area contributed by atoms with Crippen molar-refractivity contribution in [2.75, 3.05) is 0 Å². The van der Waals surface area contributed by atoms with Crippen LogP contribution in [0.2, 0.25) is 0 Å². The molecule has 0 saturated carbocycles. The molecule has 5 heteroatoms. The predicted octanol–water partition coefficient (Wildman–Crippen LogP) is 0.00130. The fourth-order valence-corrected chi connectivity index (χ4v) is 0.374. The highest BCUT2D eigenvalue weighted by molar-refractivity contribution is 7.80. The number of carbonyl (C=O) groups is 1. The lowest BCUT2D eigenvalue weighted by molar-refractivity contribution is -0.115. The number of amides is 1. The van der Waals surface area contributed by atoms with Crippen molar-refractivity contribution in [3.8, 4) is 0 Å². The van der Waals surface area contributed by atoms with E-state index in [0.717, 1.165) is 6.08 Å². The second-order valence-corrected chi connectivity index (χ2v) is 2.11. The van der Waals surface area contributed by atoms with Gasteiger partial charge < -0.3 is 11.5 Å². The average Bonchev–Trinajstić information content (AvgIpc) is 1.82. The number of rotatable bonds is 3. The highest BCUT2D eigenvalue weighted by atomic mass is 32.1. The molecule has 0 radical (unpaired) electrons. The van der Waals surface area contributed by atoms with Crippen molar-refractivity contribution in [1.82, 2.24) is 0 Å². The molecule has 0 spiro atoms. The monoisotopic (exact) mass is 162 g/mol. The van der Waals surface area contributed by atoms with Crippen LogP contribution in [-0.2, 0) is 4.79 Å². The van der Waals surface area contributed by atoms with Gasteiger partial charge in [-0.25, -0.2) is 4.39 Å². The van der Waals surface area contributed by atoms with Crippen molar-refractivity contribution in [3.05, 3.63) is 11.9 Å². The van der Waals surface area contributed by atoms with Crippen molar-refractivity contribution >= 4 is 23.1 Å². The second-order valence-electron chi connectivity index (χ2n) is 1.59. The number of nitrogens with two attached hydrogens (primary N) is 2. The van der Waals surface area contributed by atoms with Crippen LogP contribution < -0.4 is 11.5 Å². The van der Waals surface area contributed by atoms with E-state index in [0.29, 0.717) is 0 Å². The topological polar surface area (TPSA) is 69.1 Å². The van der Waals surface area contributed by atoms with Gasteiger partial charge in [0.2, 0.25) is 0 Å². The minimum atomic E-state index is -1.10. The molecule has 0 aromatic heterocycles. The van der Waals surface area contributed by atoms with Crippen LogP contribution >= 0.6 is 12.2 Å². The Labute approximate surface area is 62.9 Å². The zero-order valence-corrected chi connectivity index (χ0v) is 5.95. The highest BCUT2D eigenvalue weighted by Gasteiger charge is 2.00. The smallest absolute Gasteiger partial charge is 0.277 e. The van der Waals surface area contributed by atoms with Crippen LogP contribution in [0.5, 0.6) is 0 Å². The molecule has 0 aliphatic rings. The third-order valence-corrected chi connectivity index (χ3v) is 0.885. The lowest BCUT2D eigenvalue weighted by atomic mass is 10.3. The molecule has 0 fully saturated rings. The molecule has 0 heterocycles. The maximum absolute atomic E-state index is 12.2. The Balaban J connectivity index is 3.92. The molecule has 10 heavy (non-hydrogen) atoms. The van der Waals surface area contributed by atoms with Gasteiger partial charge in [0.05, 0.1) is 4.99 Å². The maximum Gasteiger partial charge on any atom is 0.277 e. The van der Waals surface area contributed by atoms with Crippen molar-refractivity contribution in [3.63, 3.8) is 0 Å². The molecule has 0 bridgehead atoms. The molecule has 0 saturated heterocycles. The van der Waals surface area contributed by atoms with Gasteiger partial charge in [0.15, 0.2) is 5.83 Å². The molecule has 0 aromatic rings. The van der Waals surface area contributed by atoms with Crippen LogP contribution in [0.3, 0.4) is 0 Å². The van der Waals surface area contributed by atoms with Crippen LogP contribution in [0, 0.1) is 0 Å².